The maximum absolute atomic E-state index is 13.2. The van der Waals surface area contributed by atoms with Crippen molar-refractivity contribution in [2.45, 2.75) is 50.9 Å². The Labute approximate surface area is 183 Å². The van der Waals surface area contributed by atoms with Gasteiger partial charge in [0.05, 0.1) is 24.6 Å². The highest BCUT2D eigenvalue weighted by Crippen LogP contribution is 2.39. The van der Waals surface area contributed by atoms with Crippen molar-refractivity contribution in [3.8, 4) is 11.6 Å². The largest absolute Gasteiger partial charge is 0.497 e. The maximum atomic E-state index is 13.2. The lowest BCUT2D eigenvalue weighted by Crippen LogP contribution is -2.42. The topological polar surface area (TPSA) is 69.0 Å². The van der Waals surface area contributed by atoms with Gasteiger partial charge in [0.1, 0.15) is 5.75 Å². The second kappa shape index (κ2) is 9.33. The minimum atomic E-state index is -0.0718. The van der Waals surface area contributed by atoms with Crippen LogP contribution in [0.15, 0.2) is 54.9 Å². The molecule has 1 aliphatic rings. The second-order valence-electron chi connectivity index (χ2n) is 8.21. The molecule has 0 unspecified atom stereocenters. The molecule has 2 aromatic heterocycles. The van der Waals surface area contributed by atoms with E-state index in [1.54, 1.807) is 24.2 Å². The third kappa shape index (κ3) is 4.33. The van der Waals surface area contributed by atoms with Gasteiger partial charge in [0.25, 0.3) is 5.91 Å². The number of benzene rings is 1. The van der Waals surface area contributed by atoms with E-state index in [0.717, 1.165) is 30.1 Å². The number of rotatable bonds is 7. The van der Waals surface area contributed by atoms with Gasteiger partial charge in [0.15, 0.2) is 5.82 Å². The highest BCUT2D eigenvalue weighted by Gasteiger charge is 2.34. The summed E-state index contributed by atoms with van der Waals surface area (Å²) in [7, 11) is 1.68. The first kappa shape index (κ1) is 21.1. The van der Waals surface area contributed by atoms with E-state index in [1.807, 2.05) is 37.3 Å². The molecule has 0 spiro atoms. The standard InChI is InChI=1S/C25H30N4O2/c1-3-22-21(17-28-29(22)23-9-5-8-16-26-23)24(30)27-18-25(14-6-4-7-15-25)19-10-12-20(31-2)13-11-19/h5,8-13,16-17H,3-4,6-7,14-15,18H2,1-2H3,(H,27,30). The Bertz CT molecular complexity index is 1010. The summed E-state index contributed by atoms with van der Waals surface area (Å²) in [5.74, 6) is 1.51. The van der Waals surface area contributed by atoms with Gasteiger partial charge in [0.2, 0.25) is 0 Å². The minimum absolute atomic E-state index is 0.0382. The highest BCUT2D eigenvalue weighted by atomic mass is 16.5. The lowest BCUT2D eigenvalue weighted by Gasteiger charge is -2.38. The zero-order valence-electron chi connectivity index (χ0n) is 18.3. The molecular formula is C25H30N4O2. The Hall–Kier alpha value is -3.15. The summed E-state index contributed by atoms with van der Waals surface area (Å²) in [5.41, 5.74) is 2.73. The molecule has 1 aromatic carbocycles. The molecule has 1 aliphatic carbocycles. The van der Waals surface area contributed by atoms with Crippen LogP contribution in [0.25, 0.3) is 5.82 Å². The number of hydrogen-bond acceptors (Lipinski definition) is 4. The zero-order chi connectivity index (χ0) is 21.7. The molecular weight excluding hydrogens is 388 g/mol. The van der Waals surface area contributed by atoms with Crippen LogP contribution in [0.3, 0.4) is 0 Å². The molecule has 0 aliphatic heterocycles. The molecule has 2 heterocycles. The predicted molar refractivity (Wildman–Crippen MR) is 121 cm³/mol. The summed E-state index contributed by atoms with van der Waals surface area (Å²) in [6.45, 7) is 2.66. The van der Waals surface area contributed by atoms with Crippen molar-refractivity contribution in [2.75, 3.05) is 13.7 Å². The lowest BCUT2D eigenvalue weighted by molar-refractivity contribution is 0.0935. The molecule has 162 valence electrons. The molecule has 4 rings (SSSR count). The van der Waals surface area contributed by atoms with Crippen LogP contribution in [-0.4, -0.2) is 34.3 Å². The molecule has 0 bridgehead atoms. The van der Waals surface area contributed by atoms with Gasteiger partial charge in [-0.3, -0.25) is 4.79 Å². The van der Waals surface area contributed by atoms with Crippen molar-refractivity contribution in [3.05, 3.63) is 71.7 Å². The van der Waals surface area contributed by atoms with E-state index in [2.05, 4.69) is 27.5 Å². The van der Waals surface area contributed by atoms with E-state index in [-0.39, 0.29) is 11.3 Å². The summed E-state index contributed by atoms with van der Waals surface area (Å²) < 4.78 is 7.08. The number of amides is 1. The van der Waals surface area contributed by atoms with Crippen molar-refractivity contribution in [1.29, 1.82) is 0 Å². The van der Waals surface area contributed by atoms with Gasteiger partial charge in [-0.25, -0.2) is 9.67 Å². The number of nitrogens with zero attached hydrogens (tertiary/aromatic N) is 3. The van der Waals surface area contributed by atoms with Crippen LogP contribution in [0, 0.1) is 0 Å². The average molecular weight is 419 g/mol. The van der Waals surface area contributed by atoms with E-state index >= 15 is 0 Å². The van der Waals surface area contributed by atoms with Gasteiger partial charge in [-0.05, 0) is 49.1 Å². The summed E-state index contributed by atoms with van der Waals surface area (Å²) in [6, 6.07) is 14.0. The monoisotopic (exact) mass is 418 g/mol. The molecule has 1 N–H and O–H groups in total. The normalized spacial score (nSPS) is 15.4. The molecule has 0 atom stereocenters. The summed E-state index contributed by atoms with van der Waals surface area (Å²) in [5, 5.41) is 7.68. The SMILES string of the molecule is CCc1c(C(=O)NCC2(c3ccc(OC)cc3)CCCCC2)cnn1-c1ccccn1. The third-order valence-corrected chi connectivity index (χ3v) is 6.42. The van der Waals surface area contributed by atoms with Crippen molar-refractivity contribution < 1.29 is 9.53 Å². The minimum Gasteiger partial charge on any atom is -0.497 e. The molecule has 6 heteroatoms. The highest BCUT2D eigenvalue weighted by molar-refractivity contribution is 5.95. The van der Waals surface area contributed by atoms with E-state index in [4.69, 9.17) is 4.74 Å². The fraction of sp³-hybridized carbons (Fsp3) is 0.400. The van der Waals surface area contributed by atoms with Gasteiger partial charge in [0, 0.05) is 18.2 Å². The summed E-state index contributed by atoms with van der Waals surface area (Å²) in [6.07, 6.45) is 9.85. The van der Waals surface area contributed by atoms with E-state index in [1.165, 1.54) is 24.8 Å². The number of aromatic nitrogens is 3. The van der Waals surface area contributed by atoms with Crippen LogP contribution < -0.4 is 10.1 Å². The first-order chi connectivity index (χ1) is 15.2. The van der Waals surface area contributed by atoms with Crippen molar-refractivity contribution in [3.63, 3.8) is 0 Å². The Balaban J connectivity index is 1.55. The quantitative estimate of drug-likeness (QED) is 0.615. The molecule has 0 saturated heterocycles. The molecule has 3 aromatic rings. The molecule has 1 amide bonds. The van der Waals surface area contributed by atoms with Crippen molar-refractivity contribution in [2.24, 2.45) is 0 Å². The number of methoxy groups -OCH3 is 1. The number of hydrogen-bond donors (Lipinski definition) is 1. The van der Waals surface area contributed by atoms with Crippen molar-refractivity contribution in [1.82, 2.24) is 20.1 Å². The van der Waals surface area contributed by atoms with Crippen LogP contribution >= 0.6 is 0 Å². The van der Waals surface area contributed by atoms with Gasteiger partial charge in [-0.2, -0.15) is 5.10 Å². The zero-order valence-corrected chi connectivity index (χ0v) is 18.3. The third-order valence-electron chi connectivity index (χ3n) is 6.42. The molecule has 0 radical (unpaired) electrons. The van der Waals surface area contributed by atoms with Crippen LogP contribution in [-0.2, 0) is 11.8 Å². The van der Waals surface area contributed by atoms with Crippen LogP contribution in [0.1, 0.15) is 60.6 Å². The Morgan fingerprint density at radius 3 is 2.55 bits per heavy atom. The van der Waals surface area contributed by atoms with Crippen molar-refractivity contribution >= 4 is 5.91 Å². The first-order valence-electron chi connectivity index (χ1n) is 11.1. The first-order valence-corrected chi connectivity index (χ1v) is 11.1. The fourth-order valence-electron chi connectivity index (χ4n) is 4.67. The fourth-order valence-corrected chi connectivity index (χ4v) is 4.67. The number of carbonyl (C=O) groups is 1. The van der Waals surface area contributed by atoms with Gasteiger partial charge in [-0.1, -0.05) is 44.4 Å². The lowest BCUT2D eigenvalue weighted by atomic mass is 9.69. The molecule has 1 saturated carbocycles. The number of carbonyl (C=O) groups excluding carboxylic acids is 1. The Kier molecular flexibility index (Phi) is 6.35. The second-order valence-corrected chi connectivity index (χ2v) is 8.21. The average Bonchev–Trinajstić information content (AvgIpc) is 3.28. The summed E-state index contributed by atoms with van der Waals surface area (Å²) >= 11 is 0. The Morgan fingerprint density at radius 2 is 1.90 bits per heavy atom. The predicted octanol–water partition coefficient (Wildman–Crippen LogP) is 4.47. The number of nitrogens with one attached hydrogen (secondary N) is 1. The van der Waals surface area contributed by atoms with Gasteiger partial charge in [-0.15, -0.1) is 0 Å². The van der Waals surface area contributed by atoms with Crippen LogP contribution in [0.5, 0.6) is 5.75 Å². The maximum Gasteiger partial charge on any atom is 0.254 e. The van der Waals surface area contributed by atoms with Gasteiger partial charge >= 0.3 is 0 Å². The smallest absolute Gasteiger partial charge is 0.254 e. The van der Waals surface area contributed by atoms with Crippen LogP contribution in [0.4, 0.5) is 0 Å². The Morgan fingerprint density at radius 1 is 1.13 bits per heavy atom. The van der Waals surface area contributed by atoms with Gasteiger partial charge < -0.3 is 10.1 Å². The number of ether oxygens (including phenoxy) is 1. The summed E-state index contributed by atoms with van der Waals surface area (Å²) in [4.78, 5) is 17.6. The molecule has 6 nitrogen and oxygen atoms in total. The molecule has 1 fully saturated rings. The van der Waals surface area contributed by atoms with Crippen LogP contribution in [0.2, 0.25) is 0 Å². The molecule has 31 heavy (non-hydrogen) atoms. The van der Waals surface area contributed by atoms with E-state index in [0.29, 0.717) is 18.5 Å². The number of pyridine rings is 1. The van der Waals surface area contributed by atoms with E-state index in [9.17, 15) is 4.79 Å². The van der Waals surface area contributed by atoms with E-state index < -0.39 is 0 Å².